The fourth-order valence-corrected chi connectivity index (χ4v) is 10.3. The van der Waals surface area contributed by atoms with Crippen molar-refractivity contribution < 1.29 is 0 Å². The number of halogens is 5. The minimum Gasteiger partial charge on any atom is -0.285 e. The Bertz CT molecular complexity index is 115. The zero-order chi connectivity index (χ0) is 9.07. The Kier molecular flexibility index (Phi) is 6.48. The van der Waals surface area contributed by atoms with Crippen LogP contribution in [0.25, 0.3) is 0 Å². The van der Waals surface area contributed by atoms with Gasteiger partial charge in [-0.05, 0) is 13.0 Å². The molecule has 0 spiro atoms. The summed E-state index contributed by atoms with van der Waals surface area (Å²) in [4.78, 5) is 0. The highest BCUT2D eigenvalue weighted by atomic mass is 35.8. The second kappa shape index (κ2) is 5.55. The maximum absolute atomic E-state index is 5.73. The summed E-state index contributed by atoms with van der Waals surface area (Å²) in [6.07, 6.45) is -1.96. The topological polar surface area (TPSA) is 3.24 Å². The van der Waals surface area contributed by atoms with E-state index in [2.05, 4.69) is 0 Å². The zero-order valence-corrected chi connectivity index (χ0v) is 11.5. The third-order valence-electron chi connectivity index (χ3n) is 0.957. The highest BCUT2D eigenvalue weighted by Gasteiger charge is 2.39. The van der Waals surface area contributed by atoms with Gasteiger partial charge >= 0.3 is 13.7 Å². The molecule has 0 aliphatic rings. The van der Waals surface area contributed by atoms with E-state index in [-0.39, 0.29) is 0 Å². The average Bonchev–Trinajstić information content (AvgIpc) is 1.79. The third kappa shape index (κ3) is 5.21. The van der Waals surface area contributed by atoms with Crippen LogP contribution in [0, 0.1) is 0 Å². The molecule has 0 aromatic rings. The van der Waals surface area contributed by atoms with Crippen molar-refractivity contribution in [3.63, 3.8) is 0 Å². The molecular weight excluding hydrogens is 283 g/mol. The van der Waals surface area contributed by atoms with E-state index in [4.69, 9.17) is 55.4 Å². The second-order valence-corrected chi connectivity index (χ2v) is 14.2. The molecule has 0 bridgehead atoms. The molecule has 0 saturated heterocycles. The lowest BCUT2D eigenvalue weighted by Gasteiger charge is -2.26. The van der Waals surface area contributed by atoms with E-state index in [0.717, 1.165) is 6.42 Å². The van der Waals surface area contributed by atoms with Gasteiger partial charge in [0.2, 0.25) is 0 Å². The molecule has 0 atom stereocenters. The predicted octanol–water partition coefficient (Wildman–Crippen LogP) is 3.31. The van der Waals surface area contributed by atoms with E-state index in [0.29, 0.717) is 6.54 Å². The highest BCUT2D eigenvalue weighted by Crippen LogP contribution is 2.28. The van der Waals surface area contributed by atoms with Crippen molar-refractivity contribution in [1.29, 1.82) is 0 Å². The molecular formula is C3H7Cl5NSi2. The van der Waals surface area contributed by atoms with Crippen LogP contribution in [0.5, 0.6) is 0 Å². The smallest absolute Gasteiger partial charge is 0.285 e. The number of hydrogen-bond donors (Lipinski definition) is 0. The van der Waals surface area contributed by atoms with E-state index >= 15 is 0 Å². The summed E-state index contributed by atoms with van der Waals surface area (Å²) in [5.41, 5.74) is 0. The molecule has 0 aliphatic heterocycles. The number of rotatable bonds is 4. The maximum atomic E-state index is 5.73. The molecule has 8 heteroatoms. The van der Waals surface area contributed by atoms with Crippen molar-refractivity contribution in [3.8, 4) is 0 Å². The van der Waals surface area contributed by atoms with Crippen molar-refractivity contribution >= 4 is 69.1 Å². The fourth-order valence-electron chi connectivity index (χ4n) is 0.531. The first-order chi connectivity index (χ1) is 4.89. The minimum atomic E-state index is -2.84. The Labute approximate surface area is 92.8 Å². The van der Waals surface area contributed by atoms with Crippen LogP contribution < -0.4 is 0 Å². The summed E-state index contributed by atoms with van der Waals surface area (Å²) in [6, 6.07) is 0. The molecule has 0 N–H and O–H groups in total. The zero-order valence-electron chi connectivity index (χ0n) is 5.75. The quantitative estimate of drug-likeness (QED) is 0.567. The molecule has 0 aromatic heterocycles. The summed E-state index contributed by atoms with van der Waals surface area (Å²) < 4.78 is 1.60. The van der Waals surface area contributed by atoms with Gasteiger partial charge in [-0.15, -0.1) is 55.4 Å². The van der Waals surface area contributed by atoms with Gasteiger partial charge in [0.05, 0.1) is 0 Å². The van der Waals surface area contributed by atoms with Gasteiger partial charge in [-0.3, -0.25) is 4.23 Å². The van der Waals surface area contributed by atoms with Crippen LogP contribution in [0.1, 0.15) is 13.3 Å². The summed E-state index contributed by atoms with van der Waals surface area (Å²) >= 11 is 28.5. The van der Waals surface area contributed by atoms with Crippen LogP contribution in [-0.4, -0.2) is 24.5 Å². The molecule has 0 heterocycles. The SMILES string of the molecule is CCCN([Si](Cl)Cl)[Si](Cl)(Cl)Cl. The summed E-state index contributed by atoms with van der Waals surface area (Å²) in [6.45, 7) is 2.64. The van der Waals surface area contributed by atoms with Crippen LogP contribution in [0.2, 0.25) is 0 Å². The molecule has 0 amide bonds. The summed E-state index contributed by atoms with van der Waals surface area (Å²) in [7, 11) is -1.65. The molecule has 0 unspecified atom stereocenters. The van der Waals surface area contributed by atoms with Gasteiger partial charge < -0.3 is 0 Å². The highest BCUT2D eigenvalue weighted by molar-refractivity contribution is 7.66. The van der Waals surface area contributed by atoms with Gasteiger partial charge in [-0.1, -0.05) is 6.92 Å². The monoisotopic (exact) mass is 288 g/mol. The molecule has 0 aromatic carbocycles. The Morgan fingerprint density at radius 2 is 1.73 bits per heavy atom. The Balaban J connectivity index is 4.10. The Morgan fingerprint density at radius 1 is 1.27 bits per heavy atom. The van der Waals surface area contributed by atoms with Crippen molar-refractivity contribution in [2.75, 3.05) is 6.54 Å². The first-order valence-corrected chi connectivity index (χ1v) is 11.4. The van der Waals surface area contributed by atoms with E-state index in [1.54, 1.807) is 4.23 Å². The molecule has 1 radical (unpaired) electrons. The van der Waals surface area contributed by atoms with Gasteiger partial charge in [0.1, 0.15) is 0 Å². The predicted molar refractivity (Wildman–Crippen MR) is 57.8 cm³/mol. The fraction of sp³-hybridized carbons (Fsp3) is 1.00. The van der Waals surface area contributed by atoms with E-state index < -0.39 is 13.7 Å². The van der Waals surface area contributed by atoms with Crippen molar-refractivity contribution in [3.05, 3.63) is 0 Å². The average molecular weight is 291 g/mol. The van der Waals surface area contributed by atoms with Gasteiger partial charge in [0.15, 0.2) is 0 Å². The third-order valence-corrected chi connectivity index (χ3v) is 9.29. The summed E-state index contributed by atoms with van der Waals surface area (Å²) in [5.74, 6) is 0. The molecule has 0 saturated carbocycles. The lowest BCUT2D eigenvalue weighted by molar-refractivity contribution is 0.656. The van der Waals surface area contributed by atoms with Crippen LogP contribution in [-0.2, 0) is 0 Å². The Hall–Kier alpha value is 1.84. The van der Waals surface area contributed by atoms with Gasteiger partial charge in [0, 0.05) is 0 Å². The van der Waals surface area contributed by atoms with E-state index in [1.165, 1.54) is 0 Å². The molecule has 1 nitrogen and oxygen atoms in total. The van der Waals surface area contributed by atoms with Gasteiger partial charge in [0.25, 0.3) is 0 Å². The standard InChI is InChI=1S/C3H7Cl5NSi2/c1-2-3-9(10(4)5)11(6,7)8/h2-3H2,1H3. The molecule has 0 aliphatic carbocycles. The molecule has 0 fully saturated rings. The second-order valence-electron chi connectivity index (χ2n) is 1.86. The van der Waals surface area contributed by atoms with Crippen LogP contribution in [0.3, 0.4) is 0 Å². The lowest BCUT2D eigenvalue weighted by Crippen LogP contribution is -2.46. The first-order valence-electron chi connectivity index (χ1n) is 2.92. The first kappa shape index (κ1) is 12.8. The minimum absolute atomic E-state index is 0.657. The normalized spacial score (nSPS) is 13.1. The van der Waals surface area contributed by atoms with Crippen molar-refractivity contribution in [2.24, 2.45) is 0 Å². The van der Waals surface area contributed by atoms with Crippen molar-refractivity contribution in [2.45, 2.75) is 13.3 Å². The van der Waals surface area contributed by atoms with Gasteiger partial charge in [-0.2, -0.15) is 0 Å². The molecule has 11 heavy (non-hydrogen) atoms. The van der Waals surface area contributed by atoms with Crippen LogP contribution in [0.15, 0.2) is 0 Å². The summed E-state index contributed by atoms with van der Waals surface area (Å²) in [5, 5.41) is 0. The molecule has 0 rings (SSSR count). The van der Waals surface area contributed by atoms with E-state index in [1.807, 2.05) is 6.92 Å². The number of nitrogens with zero attached hydrogens (tertiary/aromatic N) is 1. The van der Waals surface area contributed by atoms with Crippen LogP contribution >= 0.6 is 55.4 Å². The lowest BCUT2D eigenvalue weighted by atomic mass is 10.5. The van der Waals surface area contributed by atoms with Crippen molar-refractivity contribution in [1.82, 2.24) is 4.23 Å². The number of hydrogen-bond acceptors (Lipinski definition) is 1. The molecule has 67 valence electrons. The maximum Gasteiger partial charge on any atom is 0.419 e. The largest absolute Gasteiger partial charge is 0.419 e. The van der Waals surface area contributed by atoms with Gasteiger partial charge in [-0.25, -0.2) is 0 Å². The van der Waals surface area contributed by atoms with E-state index in [9.17, 15) is 0 Å². The van der Waals surface area contributed by atoms with Crippen LogP contribution in [0.4, 0.5) is 0 Å². The Morgan fingerprint density at radius 3 is 1.82 bits per heavy atom.